The van der Waals surface area contributed by atoms with Gasteiger partial charge < -0.3 is 5.32 Å². The molecule has 3 aromatic rings. The highest BCUT2D eigenvalue weighted by Gasteiger charge is 2.02. The monoisotopic (exact) mass is 261 g/mol. The van der Waals surface area contributed by atoms with Gasteiger partial charge in [0.05, 0.1) is 5.69 Å². The highest BCUT2D eigenvalue weighted by Crippen LogP contribution is 2.21. The maximum Gasteiger partial charge on any atom is 0.131 e. The van der Waals surface area contributed by atoms with Crippen LogP contribution in [-0.2, 0) is 0 Å². The molecule has 2 heterocycles. The first-order valence-electron chi connectivity index (χ1n) is 6.53. The standard InChI is InChI=1S/C17H15N3/c1-13-6-2-3-8-15(13)19-17-10-4-9-16(20-17)14-7-5-11-18-12-14/h2-12H,1H3,(H,19,20). The average molecular weight is 261 g/mol. The van der Waals surface area contributed by atoms with E-state index >= 15 is 0 Å². The Morgan fingerprint density at radius 1 is 0.900 bits per heavy atom. The lowest BCUT2D eigenvalue weighted by atomic mass is 10.2. The van der Waals surface area contributed by atoms with Gasteiger partial charge in [-0.3, -0.25) is 4.98 Å². The Labute approximate surface area is 118 Å². The van der Waals surface area contributed by atoms with E-state index in [0.717, 1.165) is 22.8 Å². The van der Waals surface area contributed by atoms with Crippen molar-refractivity contribution >= 4 is 11.5 Å². The summed E-state index contributed by atoms with van der Waals surface area (Å²) in [6.07, 6.45) is 3.58. The van der Waals surface area contributed by atoms with Crippen LogP contribution in [0.15, 0.2) is 67.0 Å². The third-order valence-corrected chi connectivity index (χ3v) is 3.11. The number of pyridine rings is 2. The van der Waals surface area contributed by atoms with Crippen molar-refractivity contribution in [2.24, 2.45) is 0 Å². The molecule has 0 aliphatic heterocycles. The molecule has 98 valence electrons. The van der Waals surface area contributed by atoms with Crippen LogP contribution in [-0.4, -0.2) is 9.97 Å². The van der Waals surface area contributed by atoms with Gasteiger partial charge in [-0.1, -0.05) is 24.3 Å². The van der Waals surface area contributed by atoms with E-state index in [9.17, 15) is 0 Å². The van der Waals surface area contributed by atoms with Crippen LogP contribution >= 0.6 is 0 Å². The number of aromatic nitrogens is 2. The van der Waals surface area contributed by atoms with Crippen molar-refractivity contribution in [1.82, 2.24) is 9.97 Å². The fourth-order valence-electron chi connectivity index (χ4n) is 2.03. The first kappa shape index (κ1) is 12.4. The number of benzene rings is 1. The van der Waals surface area contributed by atoms with Gasteiger partial charge >= 0.3 is 0 Å². The lowest BCUT2D eigenvalue weighted by Crippen LogP contribution is -1.96. The number of para-hydroxylation sites is 1. The summed E-state index contributed by atoms with van der Waals surface area (Å²) >= 11 is 0. The Morgan fingerprint density at radius 2 is 1.80 bits per heavy atom. The fourth-order valence-corrected chi connectivity index (χ4v) is 2.03. The molecule has 0 bridgehead atoms. The summed E-state index contributed by atoms with van der Waals surface area (Å²) in [5.41, 5.74) is 4.20. The lowest BCUT2D eigenvalue weighted by molar-refractivity contribution is 1.27. The summed E-state index contributed by atoms with van der Waals surface area (Å²) in [6.45, 7) is 2.08. The summed E-state index contributed by atoms with van der Waals surface area (Å²) in [5.74, 6) is 0.834. The number of hydrogen-bond donors (Lipinski definition) is 1. The fraction of sp³-hybridized carbons (Fsp3) is 0.0588. The van der Waals surface area contributed by atoms with Gasteiger partial charge in [-0.25, -0.2) is 4.98 Å². The Hall–Kier alpha value is -2.68. The number of nitrogens with one attached hydrogen (secondary N) is 1. The molecule has 1 aromatic carbocycles. The molecule has 1 N–H and O–H groups in total. The quantitative estimate of drug-likeness (QED) is 0.768. The predicted molar refractivity (Wildman–Crippen MR) is 81.9 cm³/mol. The van der Waals surface area contributed by atoms with Crippen molar-refractivity contribution < 1.29 is 0 Å². The molecule has 2 aromatic heterocycles. The highest BCUT2D eigenvalue weighted by molar-refractivity contribution is 5.64. The van der Waals surface area contributed by atoms with E-state index in [0.29, 0.717) is 0 Å². The molecule has 0 radical (unpaired) electrons. The largest absolute Gasteiger partial charge is 0.340 e. The molecule has 3 rings (SSSR count). The second-order valence-electron chi connectivity index (χ2n) is 4.59. The second kappa shape index (κ2) is 5.53. The molecule has 0 amide bonds. The van der Waals surface area contributed by atoms with Gasteiger partial charge in [-0.05, 0) is 42.8 Å². The topological polar surface area (TPSA) is 37.8 Å². The van der Waals surface area contributed by atoms with Gasteiger partial charge in [0.2, 0.25) is 0 Å². The minimum atomic E-state index is 0.834. The Balaban J connectivity index is 1.91. The highest BCUT2D eigenvalue weighted by atomic mass is 15.0. The van der Waals surface area contributed by atoms with Crippen LogP contribution in [0.2, 0.25) is 0 Å². The predicted octanol–water partition coefficient (Wildman–Crippen LogP) is 4.20. The normalized spacial score (nSPS) is 10.2. The van der Waals surface area contributed by atoms with Gasteiger partial charge in [0.1, 0.15) is 5.82 Å². The molecule has 0 spiro atoms. The van der Waals surface area contributed by atoms with E-state index in [2.05, 4.69) is 28.3 Å². The van der Waals surface area contributed by atoms with Crippen molar-refractivity contribution in [3.63, 3.8) is 0 Å². The molecule has 0 aliphatic rings. The molecule has 3 nitrogen and oxygen atoms in total. The van der Waals surface area contributed by atoms with E-state index in [1.165, 1.54) is 5.56 Å². The smallest absolute Gasteiger partial charge is 0.131 e. The molecule has 0 atom stereocenters. The molecule has 0 fully saturated rings. The summed E-state index contributed by atoms with van der Waals surface area (Å²) < 4.78 is 0. The molecule has 0 saturated carbocycles. The number of hydrogen-bond acceptors (Lipinski definition) is 3. The van der Waals surface area contributed by atoms with Crippen molar-refractivity contribution in [2.75, 3.05) is 5.32 Å². The minimum absolute atomic E-state index is 0.834. The molecular weight excluding hydrogens is 246 g/mol. The van der Waals surface area contributed by atoms with E-state index in [4.69, 9.17) is 0 Å². The Kier molecular flexibility index (Phi) is 3.42. The van der Waals surface area contributed by atoms with Crippen LogP contribution in [0.25, 0.3) is 11.3 Å². The number of nitrogens with zero attached hydrogens (tertiary/aromatic N) is 2. The number of anilines is 2. The number of aryl methyl sites for hydroxylation is 1. The van der Waals surface area contributed by atoms with Crippen molar-refractivity contribution in [3.05, 3.63) is 72.6 Å². The van der Waals surface area contributed by atoms with Crippen LogP contribution in [0, 0.1) is 6.92 Å². The average Bonchev–Trinajstić information content (AvgIpc) is 2.51. The van der Waals surface area contributed by atoms with E-state index < -0.39 is 0 Å². The van der Waals surface area contributed by atoms with E-state index in [1.54, 1.807) is 6.20 Å². The molecular formula is C17H15N3. The van der Waals surface area contributed by atoms with Crippen molar-refractivity contribution in [1.29, 1.82) is 0 Å². The Bertz CT molecular complexity index is 708. The van der Waals surface area contributed by atoms with E-state index in [1.807, 2.05) is 54.7 Å². The third-order valence-electron chi connectivity index (χ3n) is 3.11. The summed E-state index contributed by atoms with van der Waals surface area (Å²) in [5, 5.41) is 3.35. The molecule has 0 unspecified atom stereocenters. The third kappa shape index (κ3) is 2.67. The number of rotatable bonds is 3. The summed E-state index contributed by atoms with van der Waals surface area (Å²) in [6, 6.07) is 18.0. The zero-order valence-corrected chi connectivity index (χ0v) is 11.2. The first-order chi connectivity index (χ1) is 9.83. The first-order valence-corrected chi connectivity index (χ1v) is 6.53. The van der Waals surface area contributed by atoms with Gasteiger partial charge in [0.25, 0.3) is 0 Å². The zero-order valence-electron chi connectivity index (χ0n) is 11.2. The van der Waals surface area contributed by atoms with Gasteiger partial charge in [0, 0.05) is 23.6 Å². The molecule has 0 saturated heterocycles. The van der Waals surface area contributed by atoms with Crippen LogP contribution in [0.4, 0.5) is 11.5 Å². The minimum Gasteiger partial charge on any atom is -0.340 e. The molecule has 0 aliphatic carbocycles. The van der Waals surface area contributed by atoms with Crippen LogP contribution in [0.1, 0.15) is 5.56 Å². The van der Waals surface area contributed by atoms with Gasteiger partial charge in [0.15, 0.2) is 0 Å². The molecule has 3 heteroatoms. The summed E-state index contributed by atoms with van der Waals surface area (Å²) in [4.78, 5) is 8.76. The summed E-state index contributed by atoms with van der Waals surface area (Å²) in [7, 11) is 0. The maximum absolute atomic E-state index is 4.63. The SMILES string of the molecule is Cc1ccccc1Nc1cccc(-c2cccnc2)n1. The Morgan fingerprint density at radius 3 is 2.60 bits per heavy atom. The van der Waals surface area contributed by atoms with Crippen LogP contribution < -0.4 is 5.32 Å². The molecule has 20 heavy (non-hydrogen) atoms. The second-order valence-corrected chi connectivity index (χ2v) is 4.59. The van der Waals surface area contributed by atoms with E-state index in [-0.39, 0.29) is 0 Å². The van der Waals surface area contributed by atoms with Gasteiger partial charge in [-0.15, -0.1) is 0 Å². The maximum atomic E-state index is 4.63. The van der Waals surface area contributed by atoms with Crippen LogP contribution in [0.5, 0.6) is 0 Å². The lowest BCUT2D eigenvalue weighted by Gasteiger charge is -2.09. The van der Waals surface area contributed by atoms with Crippen molar-refractivity contribution in [2.45, 2.75) is 6.92 Å². The van der Waals surface area contributed by atoms with Crippen LogP contribution in [0.3, 0.4) is 0 Å². The van der Waals surface area contributed by atoms with Gasteiger partial charge in [-0.2, -0.15) is 0 Å². The van der Waals surface area contributed by atoms with Crippen molar-refractivity contribution in [3.8, 4) is 11.3 Å². The zero-order chi connectivity index (χ0) is 13.8.